The lowest BCUT2D eigenvalue weighted by molar-refractivity contribution is -0.136. The van der Waals surface area contributed by atoms with Crippen LogP contribution >= 0.6 is 11.8 Å². The third-order valence-electron chi connectivity index (χ3n) is 6.37. The number of carbonyl (C=O) groups excluding carboxylic acids is 1. The van der Waals surface area contributed by atoms with Gasteiger partial charge in [-0.3, -0.25) is 0 Å². The van der Waals surface area contributed by atoms with Crippen molar-refractivity contribution in [3.63, 3.8) is 0 Å². The number of rotatable bonds is 10. The van der Waals surface area contributed by atoms with Crippen LogP contribution in [0.5, 0.6) is 0 Å². The van der Waals surface area contributed by atoms with Crippen LogP contribution in [-0.4, -0.2) is 47.7 Å². The van der Waals surface area contributed by atoms with Crippen LogP contribution in [0.2, 0.25) is 65.0 Å². The fraction of sp³-hybridized carbons (Fsp3) is 0.591. The van der Waals surface area contributed by atoms with E-state index >= 15 is 0 Å². The van der Waals surface area contributed by atoms with Gasteiger partial charge in [-0.25, -0.2) is 4.79 Å². The molecule has 0 bridgehead atoms. The summed E-state index contributed by atoms with van der Waals surface area (Å²) >= 11 is 1.95. The molecule has 0 aliphatic heterocycles. The molecule has 0 spiro atoms. The highest BCUT2D eigenvalue weighted by atomic mass is 32.2. The molecule has 0 heterocycles. The van der Waals surface area contributed by atoms with Gasteiger partial charge in [0.1, 0.15) is 0 Å². The topological polar surface area (TPSA) is 26.3 Å². The van der Waals surface area contributed by atoms with Gasteiger partial charge in [0.25, 0.3) is 0 Å². The summed E-state index contributed by atoms with van der Waals surface area (Å²) in [5, 5.41) is 0.390. The first-order valence-electron chi connectivity index (χ1n) is 10.5. The fourth-order valence-electron chi connectivity index (χ4n) is 5.98. The van der Waals surface area contributed by atoms with Gasteiger partial charge >= 0.3 is 5.97 Å². The minimum atomic E-state index is -1.53. The maximum atomic E-state index is 12.2. The highest BCUT2D eigenvalue weighted by Gasteiger charge is 2.61. The monoisotopic (exact) mass is 482 g/mol. The van der Waals surface area contributed by atoms with Gasteiger partial charge in [-0.05, 0) is 24.6 Å². The molecule has 0 N–H and O–H groups in total. The number of benzene rings is 1. The van der Waals surface area contributed by atoms with Gasteiger partial charge in [-0.1, -0.05) is 83.7 Å². The maximum absolute atomic E-state index is 12.2. The number of esters is 1. The van der Waals surface area contributed by atoms with E-state index in [9.17, 15) is 4.79 Å². The summed E-state index contributed by atoms with van der Waals surface area (Å²) in [5.41, 5.74) is 0.616. The molecule has 1 aromatic carbocycles. The molecule has 7 heteroatoms. The summed E-state index contributed by atoms with van der Waals surface area (Å²) in [4.78, 5) is 13.5. The lowest BCUT2D eigenvalue weighted by atomic mass is 10.2. The van der Waals surface area contributed by atoms with Crippen LogP contribution in [0.1, 0.15) is 6.42 Å². The molecule has 0 aliphatic carbocycles. The summed E-state index contributed by atoms with van der Waals surface area (Å²) in [6, 6.07) is 12.0. The Bertz CT molecular complexity index is 664. The molecule has 164 valence electrons. The summed E-state index contributed by atoms with van der Waals surface area (Å²) in [6.45, 7) is 26.3. The van der Waals surface area contributed by atoms with Crippen molar-refractivity contribution in [3.8, 4) is 0 Å². The second-order valence-corrected chi connectivity index (χ2v) is 54.0. The minimum Gasteiger partial charge on any atom is -0.466 e. The summed E-state index contributed by atoms with van der Waals surface area (Å²) in [5.74, 6) is -0.259. The molecule has 0 fully saturated rings. The van der Waals surface area contributed by atoms with Crippen molar-refractivity contribution in [2.45, 2.75) is 81.5 Å². The zero-order chi connectivity index (χ0) is 22.7. The molecule has 29 heavy (non-hydrogen) atoms. The molecule has 0 aromatic heterocycles. The number of hydrogen-bond acceptors (Lipinski definition) is 3. The predicted molar refractivity (Wildman–Crippen MR) is 142 cm³/mol. The Balaban J connectivity index is 3.47. The van der Waals surface area contributed by atoms with Gasteiger partial charge < -0.3 is 4.74 Å². The maximum Gasteiger partial charge on any atom is 0.333 e. The standard InChI is InChI=1S/C22H42O2SSi4/c1-19(22(23)24-2)17-21(25-20-15-13-12-14-16-20)18-29(26(3,4)5,27(6,7)8)28(9,10)11/h12-16,21H,1,17-18H2,2-11H3. The molecule has 1 unspecified atom stereocenters. The summed E-state index contributed by atoms with van der Waals surface area (Å²) in [6.07, 6.45) is 0.723. The van der Waals surface area contributed by atoms with Crippen molar-refractivity contribution in [1.29, 1.82) is 0 Å². The molecule has 0 radical (unpaired) electrons. The van der Waals surface area contributed by atoms with E-state index in [4.69, 9.17) is 4.74 Å². The largest absolute Gasteiger partial charge is 0.466 e. The number of ether oxygens (including phenoxy) is 1. The third kappa shape index (κ3) is 6.32. The number of hydrogen-bond donors (Lipinski definition) is 0. The first kappa shape index (κ1) is 26.7. The van der Waals surface area contributed by atoms with Gasteiger partial charge in [-0.2, -0.15) is 0 Å². The number of carbonyl (C=O) groups is 1. The van der Waals surface area contributed by atoms with Crippen molar-refractivity contribution in [2.75, 3.05) is 7.11 Å². The van der Waals surface area contributed by atoms with Crippen LogP contribution < -0.4 is 0 Å². The smallest absolute Gasteiger partial charge is 0.333 e. The first-order valence-corrected chi connectivity index (χ1v) is 27.1. The quantitative estimate of drug-likeness (QED) is 0.156. The van der Waals surface area contributed by atoms with E-state index in [1.165, 1.54) is 18.0 Å². The van der Waals surface area contributed by atoms with Crippen LogP contribution in [0, 0.1) is 0 Å². The lowest BCUT2D eigenvalue weighted by Crippen LogP contribution is -2.83. The average molecular weight is 483 g/mol. The fourth-order valence-corrected chi connectivity index (χ4v) is 108. The highest BCUT2D eigenvalue weighted by Crippen LogP contribution is 2.44. The predicted octanol–water partition coefficient (Wildman–Crippen LogP) is 6.97. The molecule has 1 rings (SSSR count). The van der Waals surface area contributed by atoms with Crippen LogP contribution in [0.3, 0.4) is 0 Å². The van der Waals surface area contributed by atoms with Crippen molar-refractivity contribution < 1.29 is 9.53 Å². The van der Waals surface area contributed by atoms with Crippen LogP contribution in [-0.2, 0) is 9.53 Å². The molecule has 2 nitrogen and oxygen atoms in total. The van der Waals surface area contributed by atoms with E-state index in [-0.39, 0.29) is 5.97 Å². The SMILES string of the molecule is C=C(CC(C[Si]([Si](C)(C)C)([Si](C)(C)C)[Si](C)(C)C)Sc1ccccc1)C(=O)OC. The highest BCUT2D eigenvalue weighted by molar-refractivity contribution is 8.00. The van der Waals surface area contributed by atoms with E-state index in [0.29, 0.717) is 10.8 Å². The Hall–Kier alpha value is -0.352. The van der Waals surface area contributed by atoms with Gasteiger partial charge in [0.15, 0.2) is 0 Å². The van der Waals surface area contributed by atoms with E-state index in [0.717, 1.165) is 6.42 Å². The molecule has 1 aromatic rings. The Labute approximate surface area is 187 Å². The lowest BCUT2D eigenvalue weighted by Gasteiger charge is -2.58. The zero-order valence-corrected chi connectivity index (χ0v) is 25.1. The average Bonchev–Trinajstić information content (AvgIpc) is 2.56. The van der Waals surface area contributed by atoms with Crippen molar-refractivity contribution in [1.82, 2.24) is 0 Å². The molecular formula is C22H42O2SSi4. The second kappa shape index (κ2) is 9.85. The van der Waals surface area contributed by atoms with E-state index in [2.05, 4.69) is 95.8 Å². The Morgan fingerprint density at radius 1 is 0.931 bits per heavy atom. The first-order chi connectivity index (χ1) is 13.1. The van der Waals surface area contributed by atoms with Gasteiger partial charge in [0, 0.05) is 45.1 Å². The minimum absolute atomic E-state index is 0.259. The van der Waals surface area contributed by atoms with Crippen LogP contribution in [0.15, 0.2) is 47.4 Å². The molecular weight excluding hydrogens is 441 g/mol. The van der Waals surface area contributed by atoms with Crippen LogP contribution in [0.4, 0.5) is 0 Å². The Kier molecular flexibility index (Phi) is 9.06. The third-order valence-corrected chi connectivity index (χ3v) is 82.0. The van der Waals surface area contributed by atoms with Gasteiger partial charge in [0.2, 0.25) is 0 Å². The van der Waals surface area contributed by atoms with Gasteiger partial charge in [-0.15, -0.1) is 11.8 Å². The van der Waals surface area contributed by atoms with E-state index in [1.807, 2.05) is 11.8 Å². The molecule has 0 amide bonds. The van der Waals surface area contributed by atoms with Crippen molar-refractivity contribution in [3.05, 3.63) is 42.5 Å². The normalized spacial score (nSPS) is 14.4. The molecule has 0 saturated carbocycles. The van der Waals surface area contributed by atoms with Gasteiger partial charge in [0.05, 0.1) is 7.11 Å². The van der Waals surface area contributed by atoms with Crippen LogP contribution in [0.25, 0.3) is 0 Å². The molecule has 1 atom stereocenters. The molecule has 0 aliphatic rings. The summed E-state index contributed by atoms with van der Waals surface area (Å²) < 4.78 is 4.98. The zero-order valence-electron chi connectivity index (χ0n) is 20.3. The van der Waals surface area contributed by atoms with E-state index in [1.54, 1.807) is 0 Å². The number of methoxy groups -OCH3 is 1. The summed E-state index contributed by atoms with van der Waals surface area (Å²) in [7, 11) is -2.66. The van der Waals surface area contributed by atoms with E-state index < -0.39 is 29.4 Å². The Morgan fingerprint density at radius 3 is 1.76 bits per heavy atom. The van der Waals surface area contributed by atoms with Crippen molar-refractivity contribution in [2.24, 2.45) is 0 Å². The molecule has 0 saturated heterocycles. The van der Waals surface area contributed by atoms with Crippen molar-refractivity contribution >= 4 is 47.1 Å². The second-order valence-electron chi connectivity index (χ2n) is 11.2. The Morgan fingerprint density at radius 2 is 1.38 bits per heavy atom. The number of thioether (sulfide) groups is 1.